The number of carbonyl (C=O) groups is 1. The summed E-state index contributed by atoms with van der Waals surface area (Å²) in [6.07, 6.45) is 1.38. The maximum atomic E-state index is 11.8. The van der Waals surface area contributed by atoms with Crippen molar-refractivity contribution in [2.24, 2.45) is 5.10 Å². The number of hydrogen-bond donors (Lipinski definition) is 2. The van der Waals surface area contributed by atoms with E-state index in [1.54, 1.807) is 24.3 Å². The normalized spacial score (nSPS) is 10.8. The van der Waals surface area contributed by atoms with Gasteiger partial charge in [0.25, 0.3) is 11.6 Å². The summed E-state index contributed by atoms with van der Waals surface area (Å²) < 4.78 is 6.56. The van der Waals surface area contributed by atoms with E-state index in [0.717, 1.165) is 10.2 Å². The number of nitrogens with one attached hydrogen (secondary N) is 2. The van der Waals surface area contributed by atoms with Gasteiger partial charge in [0.15, 0.2) is 0 Å². The molecule has 28 heavy (non-hydrogen) atoms. The molecule has 9 heteroatoms. The van der Waals surface area contributed by atoms with Crippen molar-refractivity contribution in [3.63, 3.8) is 0 Å². The number of halogens is 1. The number of hydrogen-bond acceptors (Lipinski definition) is 6. The van der Waals surface area contributed by atoms with Crippen molar-refractivity contribution >= 4 is 39.4 Å². The third-order valence-electron chi connectivity index (χ3n) is 3.67. The van der Waals surface area contributed by atoms with E-state index in [4.69, 9.17) is 4.42 Å². The molecule has 0 saturated carbocycles. The van der Waals surface area contributed by atoms with Gasteiger partial charge < -0.3 is 9.73 Å². The number of carbonyl (C=O) groups excluding carboxylic acids is 1. The molecule has 0 bridgehead atoms. The molecule has 1 aromatic heterocycles. The van der Waals surface area contributed by atoms with Crippen LogP contribution in [0.5, 0.6) is 0 Å². The van der Waals surface area contributed by atoms with Gasteiger partial charge in [-0.3, -0.25) is 14.9 Å². The van der Waals surface area contributed by atoms with E-state index in [1.807, 2.05) is 24.3 Å². The predicted molar refractivity (Wildman–Crippen MR) is 109 cm³/mol. The highest BCUT2D eigenvalue weighted by Crippen LogP contribution is 2.24. The number of nitro groups is 1. The molecule has 2 aromatic carbocycles. The van der Waals surface area contributed by atoms with Crippen LogP contribution in [0.2, 0.25) is 0 Å². The van der Waals surface area contributed by atoms with E-state index in [0.29, 0.717) is 17.1 Å². The van der Waals surface area contributed by atoms with Crippen molar-refractivity contribution < 1.29 is 14.1 Å². The van der Waals surface area contributed by atoms with Gasteiger partial charge in [0.1, 0.15) is 11.5 Å². The zero-order valence-electron chi connectivity index (χ0n) is 14.5. The van der Waals surface area contributed by atoms with E-state index in [2.05, 4.69) is 31.8 Å². The average molecular weight is 443 g/mol. The van der Waals surface area contributed by atoms with Crippen molar-refractivity contribution in [3.05, 3.63) is 81.0 Å². The molecule has 0 fully saturated rings. The van der Waals surface area contributed by atoms with Crippen LogP contribution in [0.15, 0.2) is 74.7 Å². The van der Waals surface area contributed by atoms with Crippen LogP contribution in [0.1, 0.15) is 5.76 Å². The van der Waals surface area contributed by atoms with Crippen molar-refractivity contribution in [3.8, 4) is 11.3 Å². The van der Waals surface area contributed by atoms with Crippen molar-refractivity contribution in [2.75, 3.05) is 11.9 Å². The summed E-state index contributed by atoms with van der Waals surface area (Å²) >= 11 is 3.35. The van der Waals surface area contributed by atoms with Crippen LogP contribution in [0, 0.1) is 10.1 Å². The molecular formula is C19H15BrN4O4. The van der Waals surface area contributed by atoms with E-state index in [9.17, 15) is 14.9 Å². The van der Waals surface area contributed by atoms with Crippen molar-refractivity contribution in [1.82, 2.24) is 5.43 Å². The highest BCUT2D eigenvalue weighted by atomic mass is 79.9. The molecule has 142 valence electrons. The Bertz CT molecular complexity index is 998. The lowest BCUT2D eigenvalue weighted by Gasteiger charge is -2.04. The Morgan fingerprint density at radius 3 is 2.50 bits per heavy atom. The first-order valence-corrected chi connectivity index (χ1v) is 8.96. The molecule has 1 heterocycles. The second kappa shape index (κ2) is 8.96. The highest BCUT2D eigenvalue weighted by molar-refractivity contribution is 9.10. The number of anilines is 1. The maximum Gasteiger partial charge on any atom is 0.269 e. The summed E-state index contributed by atoms with van der Waals surface area (Å²) in [6, 6.07) is 16.9. The third kappa shape index (κ3) is 5.27. The molecule has 8 nitrogen and oxygen atoms in total. The molecule has 1 amide bonds. The summed E-state index contributed by atoms with van der Waals surface area (Å²) in [6.45, 7) is 0.0746. The van der Waals surface area contributed by atoms with Gasteiger partial charge in [-0.1, -0.05) is 15.9 Å². The minimum absolute atomic E-state index is 0.0107. The topological polar surface area (TPSA) is 110 Å². The summed E-state index contributed by atoms with van der Waals surface area (Å²) in [5.74, 6) is 0.676. The summed E-state index contributed by atoms with van der Waals surface area (Å²) in [5, 5.41) is 17.5. The molecule has 3 rings (SSSR count). The average Bonchev–Trinajstić information content (AvgIpc) is 3.16. The first kappa shape index (κ1) is 19.3. The number of nitrogens with zero attached hydrogens (tertiary/aromatic N) is 2. The van der Waals surface area contributed by atoms with Crippen LogP contribution < -0.4 is 10.7 Å². The standard InChI is InChI=1S/C19H15BrN4O4/c20-14-3-5-15(6-4-14)21-12-19(25)23-22-11-17-9-10-18(28-17)13-1-7-16(8-2-13)24(26)27/h1-11,21H,12H2,(H,23,25)/b22-11-. The molecule has 0 saturated heterocycles. The second-order valence-corrected chi connectivity index (χ2v) is 6.58. The van der Waals surface area contributed by atoms with E-state index in [-0.39, 0.29) is 18.1 Å². The van der Waals surface area contributed by atoms with Crippen LogP contribution in [0.25, 0.3) is 11.3 Å². The predicted octanol–water partition coefficient (Wildman–Crippen LogP) is 4.18. The minimum Gasteiger partial charge on any atom is -0.455 e. The number of nitro benzene ring substituents is 1. The lowest BCUT2D eigenvalue weighted by molar-refractivity contribution is -0.384. The quantitative estimate of drug-likeness (QED) is 0.324. The van der Waals surface area contributed by atoms with Crippen LogP contribution in [0.3, 0.4) is 0 Å². The van der Waals surface area contributed by atoms with E-state index < -0.39 is 4.92 Å². The second-order valence-electron chi connectivity index (χ2n) is 5.66. The van der Waals surface area contributed by atoms with Crippen LogP contribution >= 0.6 is 15.9 Å². The van der Waals surface area contributed by atoms with E-state index >= 15 is 0 Å². The largest absolute Gasteiger partial charge is 0.455 e. The lowest BCUT2D eigenvalue weighted by Crippen LogP contribution is -2.25. The van der Waals surface area contributed by atoms with Crippen molar-refractivity contribution in [2.45, 2.75) is 0 Å². The zero-order chi connectivity index (χ0) is 19.9. The number of rotatable bonds is 7. The Morgan fingerprint density at radius 1 is 1.11 bits per heavy atom. The fraction of sp³-hybridized carbons (Fsp3) is 0.0526. The van der Waals surface area contributed by atoms with Gasteiger partial charge in [0, 0.05) is 27.9 Å². The molecule has 0 aliphatic carbocycles. The van der Waals surface area contributed by atoms with Crippen LogP contribution in [-0.4, -0.2) is 23.6 Å². The van der Waals surface area contributed by atoms with E-state index in [1.165, 1.54) is 18.3 Å². The summed E-state index contributed by atoms with van der Waals surface area (Å²) in [7, 11) is 0. The Morgan fingerprint density at radius 2 is 1.82 bits per heavy atom. The summed E-state index contributed by atoms with van der Waals surface area (Å²) in [5.41, 5.74) is 3.94. The smallest absolute Gasteiger partial charge is 0.269 e. The monoisotopic (exact) mass is 442 g/mol. The molecule has 0 spiro atoms. The number of benzene rings is 2. The SMILES string of the molecule is O=C(CNc1ccc(Br)cc1)N/N=C\c1ccc(-c2ccc([N+](=O)[O-])cc2)o1. The highest BCUT2D eigenvalue weighted by Gasteiger charge is 2.08. The number of non-ortho nitro benzene ring substituents is 1. The molecule has 0 aliphatic rings. The van der Waals surface area contributed by atoms with Gasteiger partial charge in [-0.05, 0) is 48.5 Å². The van der Waals surface area contributed by atoms with Gasteiger partial charge in [0.2, 0.25) is 0 Å². The Kier molecular flexibility index (Phi) is 6.18. The van der Waals surface area contributed by atoms with Crippen LogP contribution in [0.4, 0.5) is 11.4 Å². The molecule has 0 radical (unpaired) electrons. The lowest BCUT2D eigenvalue weighted by atomic mass is 10.1. The van der Waals surface area contributed by atoms with Crippen molar-refractivity contribution in [1.29, 1.82) is 0 Å². The summed E-state index contributed by atoms with van der Waals surface area (Å²) in [4.78, 5) is 22.0. The molecule has 0 aliphatic heterocycles. The van der Waals surface area contributed by atoms with Gasteiger partial charge >= 0.3 is 0 Å². The number of hydrazone groups is 1. The number of furan rings is 1. The first-order valence-electron chi connectivity index (χ1n) is 8.17. The molecule has 0 unspecified atom stereocenters. The first-order chi connectivity index (χ1) is 13.5. The zero-order valence-corrected chi connectivity index (χ0v) is 16.0. The Hall–Kier alpha value is -3.46. The van der Waals surface area contributed by atoms with Gasteiger partial charge in [-0.15, -0.1) is 0 Å². The fourth-order valence-corrected chi connectivity index (χ4v) is 2.55. The van der Waals surface area contributed by atoms with Crippen LogP contribution in [-0.2, 0) is 4.79 Å². The maximum absolute atomic E-state index is 11.8. The molecule has 2 N–H and O–H groups in total. The fourth-order valence-electron chi connectivity index (χ4n) is 2.28. The Balaban J connectivity index is 1.51. The number of amides is 1. The van der Waals surface area contributed by atoms with Gasteiger partial charge in [-0.25, -0.2) is 5.43 Å². The molecule has 3 aromatic rings. The Labute approximate surface area is 168 Å². The molecular weight excluding hydrogens is 428 g/mol. The minimum atomic E-state index is -0.460. The van der Waals surface area contributed by atoms with Gasteiger partial charge in [-0.2, -0.15) is 5.10 Å². The van der Waals surface area contributed by atoms with Gasteiger partial charge in [0.05, 0.1) is 17.7 Å². The third-order valence-corrected chi connectivity index (χ3v) is 4.20. The molecule has 0 atom stereocenters.